The van der Waals surface area contributed by atoms with E-state index >= 15 is 0 Å². The first-order valence-corrected chi connectivity index (χ1v) is 8.13. The molecule has 25 heavy (non-hydrogen) atoms. The molecule has 6 heteroatoms. The molecule has 132 valence electrons. The van der Waals surface area contributed by atoms with E-state index in [0.29, 0.717) is 17.0 Å². The predicted molar refractivity (Wildman–Crippen MR) is 95.3 cm³/mol. The summed E-state index contributed by atoms with van der Waals surface area (Å²) < 4.78 is 10.1. The fourth-order valence-electron chi connectivity index (χ4n) is 2.46. The Morgan fingerprint density at radius 1 is 1.04 bits per heavy atom. The van der Waals surface area contributed by atoms with Gasteiger partial charge < -0.3 is 14.8 Å². The number of carbonyl (C=O) groups is 2. The molecule has 0 aliphatic carbocycles. The molecule has 0 fully saturated rings. The van der Waals surface area contributed by atoms with Gasteiger partial charge in [0.2, 0.25) is 0 Å². The molecule has 0 aromatic heterocycles. The molecular weight excluding hydrogens is 342 g/mol. The summed E-state index contributed by atoms with van der Waals surface area (Å²) in [5, 5.41) is 3.31. The maximum Gasteiger partial charge on any atom is 0.328 e. The minimum atomic E-state index is -0.819. The van der Waals surface area contributed by atoms with Gasteiger partial charge in [0.25, 0.3) is 5.91 Å². The second kappa shape index (κ2) is 9.20. The van der Waals surface area contributed by atoms with Crippen LogP contribution in [0.2, 0.25) is 5.02 Å². The molecule has 1 N–H and O–H groups in total. The highest BCUT2D eigenvalue weighted by Gasteiger charge is 2.27. The number of hydrogen-bond acceptors (Lipinski definition) is 4. The molecule has 0 saturated carbocycles. The minimum absolute atomic E-state index is 0.292. The first-order valence-electron chi connectivity index (χ1n) is 7.75. The fraction of sp³-hybridized carbons (Fsp3) is 0.263. The Kier molecular flexibility index (Phi) is 6.98. The lowest BCUT2D eigenvalue weighted by molar-refractivity contribution is -0.146. The number of benzene rings is 2. The smallest absolute Gasteiger partial charge is 0.328 e. The molecule has 2 rings (SSSR count). The number of methoxy groups -OCH3 is 2. The summed E-state index contributed by atoms with van der Waals surface area (Å²) in [5.41, 5.74) is 1.56. The summed E-state index contributed by atoms with van der Waals surface area (Å²) in [6.45, 7) is 0. The zero-order valence-corrected chi connectivity index (χ0v) is 14.8. The van der Waals surface area contributed by atoms with Crippen molar-refractivity contribution in [2.45, 2.75) is 18.6 Å². The van der Waals surface area contributed by atoms with E-state index in [1.165, 1.54) is 14.2 Å². The summed E-state index contributed by atoms with van der Waals surface area (Å²) in [6, 6.07) is 15.3. The highest BCUT2D eigenvalue weighted by molar-refractivity contribution is 6.30. The number of rotatable bonds is 7. The van der Waals surface area contributed by atoms with Gasteiger partial charge in [0.1, 0.15) is 6.04 Å². The van der Waals surface area contributed by atoms with E-state index in [4.69, 9.17) is 21.1 Å². The van der Waals surface area contributed by atoms with Crippen molar-refractivity contribution in [2.24, 2.45) is 0 Å². The van der Waals surface area contributed by atoms with Crippen LogP contribution in [-0.2, 0) is 25.5 Å². The van der Waals surface area contributed by atoms with E-state index < -0.39 is 24.0 Å². The maximum atomic E-state index is 12.6. The van der Waals surface area contributed by atoms with Gasteiger partial charge in [-0.25, -0.2) is 4.79 Å². The van der Waals surface area contributed by atoms with Crippen LogP contribution in [0.15, 0.2) is 54.6 Å². The van der Waals surface area contributed by atoms with Gasteiger partial charge in [0, 0.05) is 18.6 Å². The molecular formula is C19H20ClNO4. The summed E-state index contributed by atoms with van der Waals surface area (Å²) >= 11 is 5.87. The van der Waals surface area contributed by atoms with Crippen LogP contribution in [-0.4, -0.2) is 32.1 Å². The van der Waals surface area contributed by atoms with Crippen LogP contribution in [0.1, 0.15) is 17.2 Å². The van der Waals surface area contributed by atoms with Gasteiger partial charge in [-0.05, 0) is 23.3 Å². The number of ether oxygens (including phenoxy) is 2. The first kappa shape index (κ1) is 19.0. The fourth-order valence-corrected chi connectivity index (χ4v) is 2.59. The van der Waals surface area contributed by atoms with Crippen molar-refractivity contribution in [1.29, 1.82) is 0 Å². The van der Waals surface area contributed by atoms with Crippen molar-refractivity contribution in [3.05, 3.63) is 70.7 Å². The summed E-state index contributed by atoms with van der Waals surface area (Å²) in [5.74, 6) is -0.927. The van der Waals surface area contributed by atoms with Crippen LogP contribution >= 0.6 is 11.6 Å². The lowest BCUT2D eigenvalue weighted by Crippen LogP contribution is -2.45. The summed E-state index contributed by atoms with van der Waals surface area (Å²) in [7, 11) is 2.73. The van der Waals surface area contributed by atoms with Crippen LogP contribution in [0, 0.1) is 0 Å². The molecule has 0 aliphatic rings. The Balaban J connectivity index is 2.13. The highest BCUT2D eigenvalue weighted by Crippen LogP contribution is 2.17. The molecule has 2 atom stereocenters. The molecule has 5 nitrogen and oxygen atoms in total. The van der Waals surface area contributed by atoms with Crippen molar-refractivity contribution in [1.82, 2.24) is 5.32 Å². The molecule has 2 aromatic carbocycles. The molecule has 0 aliphatic heterocycles. The molecule has 0 saturated heterocycles. The quantitative estimate of drug-likeness (QED) is 0.770. The number of hydrogen-bond donors (Lipinski definition) is 1. The van der Waals surface area contributed by atoms with Gasteiger partial charge >= 0.3 is 5.97 Å². The Bertz CT molecular complexity index is 703. The second-order valence-electron chi connectivity index (χ2n) is 5.44. The monoisotopic (exact) mass is 361 g/mol. The van der Waals surface area contributed by atoms with Crippen molar-refractivity contribution >= 4 is 23.5 Å². The van der Waals surface area contributed by atoms with E-state index in [0.717, 1.165) is 5.56 Å². The molecule has 0 spiro atoms. The van der Waals surface area contributed by atoms with E-state index in [9.17, 15) is 9.59 Å². The zero-order chi connectivity index (χ0) is 18.2. The second-order valence-corrected chi connectivity index (χ2v) is 5.88. The van der Waals surface area contributed by atoms with Gasteiger partial charge in [0.15, 0.2) is 6.10 Å². The van der Waals surface area contributed by atoms with Crippen LogP contribution in [0.25, 0.3) is 0 Å². The molecule has 0 heterocycles. The topological polar surface area (TPSA) is 64.6 Å². The normalized spacial score (nSPS) is 12.9. The molecule has 0 radical (unpaired) electrons. The summed E-state index contributed by atoms with van der Waals surface area (Å²) in [6.07, 6.45) is -0.514. The van der Waals surface area contributed by atoms with Crippen LogP contribution < -0.4 is 5.32 Å². The summed E-state index contributed by atoms with van der Waals surface area (Å²) in [4.78, 5) is 24.6. The molecule has 0 bridgehead atoms. The standard InChI is InChI=1S/C19H20ClNO4/c1-24-17(14-6-4-3-5-7-14)18(22)21-16(19(23)25-2)12-13-8-10-15(20)11-9-13/h3-11,16-17H,12H2,1-2H3,(H,21,22)/t16-,17+/m1/s1. The Labute approximate surface area is 151 Å². The average molecular weight is 362 g/mol. The Morgan fingerprint density at radius 2 is 1.68 bits per heavy atom. The van der Waals surface area contributed by atoms with E-state index in [1.54, 1.807) is 36.4 Å². The van der Waals surface area contributed by atoms with Crippen LogP contribution in [0.4, 0.5) is 0 Å². The zero-order valence-electron chi connectivity index (χ0n) is 14.1. The Hall–Kier alpha value is -2.37. The first-order chi connectivity index (χ1) is 12.0. The van der Waals surface area contributed by atoms with Gasteiger partial charge in [-0.1, -0.05) is 54.1 Å². The lowest BCUT2D eigenvalue weighted by atomic mass is 10.0. The van der Waals surface area contributed by atoms with Crippen molar-refractivity contribution in [3.63, 3.8) is 0 Å². The number of amides is 1. The lowest BCUT2D eigenvalue weighted by Gasteiger charge is -2.21. The van der Waals surface area contributed by atoms with E-state index in [2.05, 4.69) is 5.32 Å². The third-order valence-electron chi connectivity index (χ3n) is 3.73. The van der Waals surface area contributed by atoms with Crippen molar-refractivity contribution < 1.29 is 19.1 Å². The van der Waals surface area contributed by atoms with E-state index in [-0.39, 0.29) is 0 Å². The number of carbonyl (C=O) groups excluding carboxylic acids is 2. The van der Waals surface area contributed by atoms with Crippen LogP contribution in [0.5, 0.6) is 0 Å². The highest BCUT2D eigenvalue weighted by atomic mass is 35.5. The van der Waals surface area contributed by atoms with Gasteiger partial charge in [-0.2, -0.15) is 0 Å². The molecule has 1 amide bonds. The predicted octanol–water partition coefficient (Wildman–Crippen LogP) is 2.93. The number of esters is 1. The van der Waals surface area contributed by atoms with Crippen molar-refractivity contribution in [2.75, 3.05) is 14.2 Å². The van der Waals surface area contributed by atoms with Gasteiger partial charge in [-0.3, -0.25) is 4.79 Å². The SMILES string of the molecule is COC(=O)[C@@H](Cc1ccc(Cl)cc1)NC(=O)[C@@H](OC)c1ccccc1. The van der Waals surface area contributed by atoms with Crippen molar-refractivity contribution in [3.8, 4) is 0 Å². The van der Waals surface area contributed by atoms with E-state index in [1.807, 2.05) is 18.2 Å². The maximum absolute atomic E-state index is 12.6. The number of halogens is 1. The largest absolute Gasteiger partial charge is 0.467 e. The van der Waals surface area contributed by atoms with Crippen LogP contribution in [0.3, 0.4) is 0 Å². The van der Waals surface area contributed by atoms with Gasteiger partial charge in [-0.15, -0.1) is 0 Å². The average Bonchev–Trinajstić information content (AvgIpc) is 2.64. The number of nitrogens with one attached hydrogen (secondary N) is 1. The Morgan fingerprint density at radius 3 is 2.24 bits per heavy atom. The molecule has 0 unspecified atom stereocenters. The third kappa shape index (κ3) is 5.31. The third-order valence-corrected chi connectivity index (χ3v) is 3.98. The molecule has 2 aromatic rings. The minimum Gasteiger partial charge on any atom is -0.467 e. The van der Waals surface area contributed by atoms with Gasteiger partial charge in [0.05, 0.1) is 7.11 Å².